The van der Waals surface area contributed by atoms with Crippen LogP contribution in [0.3, 0.4) is 0 Å². The number of ether oxygens (including phenoxy) is 1. The van der Waals surface area contributed by atoms with Gasteiger partial charge in [0, 0.05) is 22.8 Å². The van der Waals surface area contributed by atoms with Crippen LogP contribution in [-0.2, 0) is 12.8 Å². The van der Waals surface area contributed by atoms with E-state index in [4.69, 9.17) is 4.74 Å². The third-order valence-electron chi connectivity index (χ3n) is 5.34. The van der Waals surface area contributed by atoms with Gasteiger partial charge in [-0.25, -0.2) is 0 Å². The summed E-state index contributed by atoms with van der Waals surface area (Å²) in [5.41, 5.74) is 3.44. The lowest BCUT2D eigenvalue weighted by atomic mass is 9.89. The van der Waals surface area contributed by atoms with E-state index in [1.807, 2.05) is 39.8 Å². The normalized spacial score (nSPS) is 15.1. The van der Waals surface area contributed by atoms with Crippen LogP contribution >= 0.6 is 0 Å². The number of allylic oxidation sites excluding steroid dienone is 4. The first kappa shape index (κ1) is 22.3. The van der Waals surface area contributed by atoms with E-state index in [0.29, 0.717) is 24.0 Å². The van der Waals surface area contributed by atoms with E-state index in [0.717, 1.165) is 11.1 Å². The minimum absolute atomic E-state index is 0.0422. The number of rotatable bonds is 5. The molecule has 0 saturated carbocycles. The van der Waals surface area contributed by atoms with Crippen LogP contribution in [0, 0.1) is 0 Å². The first-order valence-corrected chi connectivity index (χ1v) is 10.2. The molecule has 4 N–H and O–H groups in total. The molecule has 0 radical (unpaired) electrons. The van der Waals surface area contributed by atoms with Gasteiger partial charge < -0.3 is 25.2 Å². The fraction of sp³-hybridized carbons (Fsp3) is 0.320. The zero-order valence-corrected chi connectivity index (χ0v) is 18.2. The molecule has 0 aromatic heterocycles. The van der Waals surface area contributed by atoms with Crippen LogP contribution in [0.5, 0.6) is 28.7 Å². The summed E-state index contributed by atoms with van der Waals surface area (Å²) in [5, 5.41) is 41.4. The van der Waals surface area contributed by atoms with Gasteiger partial charge in [0.1, 0.15) is 28.9 Å². The minimum Gasteiger partial charge on any atom is -0.507 e. The molecule has 31 heavy (non-hydrogen) atoms. The fourth-order valence-electron chi connectivity index (χ4n) is 3.64. The molecule has 0 spiro atoms. The number of fused-ring (bicyclic) bond motifs is 1. The Morgan fingerprint density at radius 1 is 0.935 bits per heavy atom. The van der Waals surface area contributed by atoms with Crippen molar-refractivity contribution in [3.63, 3.8) is 0 Å². The highest BCUT2D eigenvalue weighted by molar-refractivity contribution is 6.03. The van der Waals surface area contributed by atoms with Crippen LogP contribution in [0.4, 0.5) is 0 Å². The lowest BCUT2D eigenvalue weighted by molar-refractivity contribution is 0.0843. The Kier molecular flexibility index (Phi) is 6.29. The molecule has 1 aliphatic rings. The molecule has 0 saturated heterocycles. The van der Waals surface area contributed by atoms with Gasteiger partial charge in [0.05, 0.1) is 6.42 Å². The molecule has 2 aromatic rings. The van der Waals surface area contributed by atoms with Crippen molar-refractivity contribution >= 4 is 5.78 Å². The predicted octanol–water partition coefficient (Wildman–Crippen LogP) is 5.23. The number of ketones is 1. The van der Waals surface area contributed by atoms with Gasteiger partial charge in [-0.3, -0.25) is 4.79 Å². The molecule has 0 bridgehead atoms. The number of aromatic hydroxyl groups is 4. The van der Waals surface area contributed by atoms with Gasteiger partial charge >= 0.3 is 0 Å². The number of carbonyl (C=O) groups excluding carboxylic acids is 1. The second-order valence-corrected chi connectivity index (χ2v) is 8.30. The Bertz CT molecular complexity index is 1090. The summed E-state index contributed by atoms with van der Waals surface area (Å²) in [6.07, 6.45) is 3.64. The third kappa shape index (κ3) is 4.53. The van der Waals surface area contributed by atoms with Crippen LogP contribution < -0.4 is 4.74 Å². The van der Waals surface area contributed by atoms with Gasteiger partial charge in [-0.2, -0.15) is 0 Å². The summed E-state index contributed by atoms with van der Waals surface area (Å²) >= 11 is 0. The molecule has 2 aromatic carbocycles. The van der Waals surface area contributed by atoms with Crippen molar-refractivity contribution in [1.29, 1.82) is 0 Å². The second kappa shape index (κ2) is 8.76. The average molecular weight is 424 g/mol. The molecule has 0 fully saturated rings. The summed E-state index contributed by atoms with van der Waals surface area (Å²) < 4.78 is 6.00. The first-order chi connectivity index (χ1) is 14.6. The first-order valence-electron chi connectivity index (χ1n) is 10.2. The van der Waals surface area contributed by atoms with Crippen molar-refractivity contribution in [2.75, 3.05) is 0 Å². The van der Waals surface area contributed by atoms with Gasteiger partial charge in [0.15, 0.2) is 17.3 Å². The van der Waals surface area contributed by atoms with E-state index in [-0.39, 0.29) is 52.1 Å². The third-order valence-corrected chi connectivity index (χ3v) is 5.34. The van der Waals surface area contributed by atoms with E-state index < -0.39 is 6.10 Å². The maximum atomic E-state index is 13.0. The quantitative estimate of drug-likeness (QED) is 0.387. The Labute approximate surface area is 181 Å². The Hall–Kier alpha value is -3.41. The topological polar surface area (TPSA) is 107 Å². The predicted molar refractivity (Wildman–Crippen MR) is 118 cm³/mol. The number of hydrogen-bond acceptors (Lipinski definition) is 6. The van der Waals surface area contributed by atoms with Crippen molar-refractivity contribution in [2.24, 2.45) is 0 Å². The maximum absolute atomic E-state index is 13.0. The lowest BCUT2D eigenvalue weighted by Crippen LogP contribution is -2.22. The highest BCUT2D eigenvalue weighted by Crippen LogP contribution is 2.46. The van der Waals surface area contributed by atoms with Crippen molar-refractivity contribution in [3.05, 3.63) is 63.8 Å². The lowest BCUT2D eigenvalue weighted by Gasteiger charge is -2.28. The standard InChI is InChI=1S/C25H28O6/c1-13(2)5-7-16-15(9-10-18(26)24(16)29)21-12-20(28)23-22(31-21)11-19(27)17(25(23)30)8-6-14(3)4/h5-6,9-11,21,26-27,29-30H,7-8,12H2,1-4H3/t21-/m0/s1. The number of phenols is 4. The smallest absolute Gasteiger partial charge is 0.174 e. The molecule has 3 rings (SSSR count). The minimum atomic E-state index is -0.727. The van der Waals surface area contributed by atoms with Crippen molar-refractivity contribution in [2.45, 2.75) is 53.1 Å². The van der Waals surface area contributed by atoms with Crippen LogP contribution in [0.1, 0.15) is 67.3 Å². The van der Waals surface area contributed by atoms with Gasteiger partial charge in [0.2, 0.25) is 0 Å². The van der Waals surface area contributed by atoms with Crippen molar-refractivity contribution in [3.8, 4) is 28.7 Å². The molecule has 1 heterocycles. The summed E-state index contributed by atoms with van der Waals surface area (Å²) in [6.45, 7) is 7.67. The Balaban J connectivity index is 2.04. The number of hydrogen-bond donors (Lipinski definition) is 4. The molecule has 6 nitrogen and oxygen atoms in total. The van der Waals surface area contributed by atoms with Crippen molar-refractivity contribution in [1.82, 2.24) is 0 Å². The molecule has 1 atom stereocenters. The van der Waals surface area contributed by atoms with Crippen LogP contribution in [-0.4, -0.2) is 26.2 Å². The van der Waals surface area contributed by atoms with Gasteiger partial charge in [0.25, 0.3) is 0 Å². The monoisotopic (exact) mass is 424 g/mol. The number of Topliss-reactive ketones (excluding diaryl/α,β-unsaturated/α-hetero) is 1. The van der Waals surface area contributed by atoms with Crippen LogP contribution in [0.2, 0.25) is 0 Å². The molecule has 6 heteroatoms. The van der Waals surface area contributed by atoms with E-state index in [1.165, 1.54) is 12.1 Å². The van der Waals surface area contributed by atoms with E-state index in [1.54, 1.807) is 6.07 Å². The van der Waals surface area contributed by atoms with Gasteiger partial charge in [-0.1, -0.05) is 29.4 Å². The molecular formula is C25H28O6. The Morgan fingerprint density at radius 2 is 1.55 bits per heavy atom. The van der Waals surface area contributed by atoms with Crippen molar-refractivity contribution < 1.29 is 30.0 Å². The number of benzene rings is 2. The molecular weight excluding hydrogens is 396 g/mol. The van der Waals surface area contributed by atoms with Crippen LogP contribution in [0.25, 0.3) is 0 Å². The maximum Gasteiger partial charge on any atom is 0.174 e. The largest absolute Gasteiger partial charge is 0.507 e. The van der Waals surface area contributed by atoms with E-state index in [2.05, 4.69) is 0 Å². The summed E-state index contributed by atoms with van der Waals surface area (Å²) in [4.78, 5) is 13.0. The Morgan fingerprint density at radius 3 is 2.16 bits per heavy atom. The SMILES string of the molecule is CC(C)=CCc1c(O)cc2c(c1O)C(=O)C[C@@H](c1ccc(O)c(O)c1CC=C(C)C)O2. The molecule has 1 aliphatic heterocycles. The van der Waals surface area contributed by atoms with Gasteiger partial charge in [-0.05, 0) is 46.6 Å². The zero-order valence-electron chi connectivity index (χ0n) is 18.2. The molecule has 0 aliphatic carbocycles. The summed E-state index contributed by atoms with van der Waals surface area (Å²) in [6, 6.07) is 4.33. The van der Waals surface area contributed by atoms with E-state index in [9.17, 15) is 25.2 Å². The van der Waals surface area contributed by atoms with Crippen LogP contribution in [0.15, 0.2) is 41.5 Å². The molecule has 0 amide bonds. The van der Waals surface area contributed by atoms with Gasteiger partial charge in [-0.15, -0.1) is 0 Å². The fourth-order valence-corrected chi connectivity index (χ4v) is 3.64. The zero-order chi connectivity index (χ0) is 22.9. The molecule has 164 valence electrons. The highest BCUT2D eigenvalue weighted by atomic mass is 16.5. The number of carbonyl (C=O) groups is 1. The molecule has 0 unspecified atom stereocenters. The summed E-state index contributed by atoms with van der Waals surface area (Å²) in [7, 11) is 0. The average Bonchev–Trinajstić information content (AvgIpc) is 2.67. The second-order valence-electron chi connectivity index (χ2n) is 8.30. The summed E-state index contributed by atoms with van der Waals surface area (Å²) in [5.74, 6) is -1.14. The van der Waals surface area contributed by atoms with E-state index >= 15 is 0 Å². The number of phenolic OH excluding ortho intramolecular Hbond substituents is 4. The highest BCUT2D eigenvalue weighted by Gasteiger charge is 2.34.